The summed E-state index contributed by atoms with van der Waals surface area (Å²) in [5.74, 6) is 13.3. The molecule has 8 heteroatoms. The number of rotatable bonds is 14. The van der Waals surface area contributed by atoms with Crippen molar-refractivity contribution in [3.63, 3.8) is 0 Å². The predicted molar refractivity (Wildman–Crippen MR) is 156 cm³/mol. The molecule has 8 nitrogen and oxygen atoms in total. The number of hydrogen-bond acceptors (Lipinski definition) is 8. The molecule has 0 N–H and O–H groups in total. The monoisotopic (exact) mass is 566 g/mol. The lowest BCUT2D eigenvalue weighted by Gasteiger charge is -2.28. The third-order valence-electron chi connectivity index (χ3n) is 6.56. The summed E-state index contributed by atoms with van der Waals surface area (Å²) < 4.78 is 45.8. The van der Waals surface area contributed by atoms with Crippen LogP contribution in [0.3, 0.4) is 0 Å². The van der Waals surface area contributed by atoms with E-state index in [0.717, 1.165) is 22.6 Å². The molecule has 41 heavy (non-hydrogen) atoms. The van der Waals surface area contributed by atoms with Crippen molar-refractivity contribution in [2.24, 2.45) is 0 Å². The van der Waals surface area contributed by atoms with Gasteiger partial charge in [-0.1, -0.05) is 47.9 Å². The molecular formula is C33H42O8. The summed E-state index contributed by atoms with van der Waals surface area (Å²) in [4.78, 5) is 0. The van der Waals surface area contributed by atoms with Gasteiger partial charge in [0.05, 0.1) is 39.6 Å². The molecule has 4 atom stereocenters. The van der Waals surface area contributed by atoms with Crippen LogP contribution in [0.5, 0.6) is 11.5 Å². The van der Waals surface area contributed by atoms with Gasteiger partial charge in [0.2, 0.25) is 0 Å². The van der Waals surface area contributed by atoms with Gasteiger partial charge in [0.15, 0.2) is 5.79 Å². The highest BCUT2D eigenvalue weighted by atomic mass is 16.8. The second-order valence-electron chi connectivity index (χ2n) is 9.91. The van der Waals surface area contributed by atoms with Crippen LogP contribution < -0.4 is 9.47 Å². The molecule has 222 valence electrons. The largest absolute Gasteiger partial charge is 0.497 e. The molecule has 1 aliphatic heterocycles. The first-order valence-corrected chi connectivity index (χ1v) is 13.6. The fourth-order valence-corrected chi connectivity index (χ4v) is 4.39. The van der Waals surface area contributed by atoms with Crippen molar-refractivity contribution < 1.29 is 37.9 Å². The standard InChI is InChI=1S/C33H42O8/c1-33(2)40-31(29(36-5)11-7-9-21-38-23-25-13-17-27(34-3)18-14-25)32(41-33)30(37-6)12-8-10-22-39-24-26-15-19-28(35-4)20-16-26/h13-20,29-32H,11-12,21-24H2,1-6H3/t29-,30-,31-,32-/m1/s1. The van der Waals surface area contributed by atoms with E-state index in [1.54, 1.807) is 28.4 Å². The minimum atomic E-state index is -0.785. The number of hydrogen-bond donors (Lipinski definition) is 0. The molecule has 0 aromatic heterocycles. The molecule has 2 aromatic rings. The second-order valence-corrected chi connectivity index (χ2v) is 9.91. The van der Waals surface area contributed by atoms with Gasteiger partial charge < -0.3 is 37.9 Å². The Bertz CT molecular complexity index is 1060. The Hall–Kier alpha value is -3.08. The quantitative estimate of drug-likeness (QED) is 0.239. The lowest BCUT2D eigenvalue weighted by Crippen LogP contribution is -2.43. The average molecular weight is 567 g/mol. The molecule has 3 rings (SSSR count). The van der Waals surface area contributed by atoms with Gasteiger partial charge in [-0.15, -0.1) is 0 Å². The minimum Gasteiger partial charge on any atom is -0.497 e. The maximum atomic E-state index is 6.24. The molecule has 0 aliphatic carbocycles. The fourth-order valence-electron chi connectivity index (χ4n) is 4.39. The van der Waals surface area contributed by atoms with Gasteiger partial charge in [-0.25, -0.2) is 0 Å². The summed E-state index contributed by atoms with van der Waals surface area (Å²) in [7, 11) is 6.60. The van der Waals surface area contributed by atoms with Crippen LogP contribution in [0.25, 0.3) is 0 Å². The Morgan fingerprint density at radius 2 is 1.02 bits per heavy atom. The summed E-state index contributed by atoms with van der Waals surface area (Å²) in [6.07, 6.45) is -0.442. The third kappa shape index (κ3) is 10.7. The van der Waals surface area contributed by atoms with Gasteiger partial charge in [-0.05, 0) is 49.2 Å². The van der Waals surface area contributed by atoms with E-state index in [0.29, 0.717) is 39.3 Å². The van der Waals surface area contributed by atoms with E-state index in [1.165, 1.54) is 0 Å². The molecule has 1 heterocycles. The SMILES string of the molecule is COc1ccc(COCC#CC[C@@H](OC)[C@H]2OC(C)(C)O[C@@H]2[C@@H](CC#CCOCc2ccc(OC)cc2)OC)cc1. The molecule has 1 aliphatic rings. The van der Waals surface area contributed by atoms with Crippen molar-refractivity contribution in [3.05, 3.63) is 59.7 Å². The maximum absolute atomic E-state index is 6.24. The summed E-state index contributed by atoms with van der Waals surface area (Å²) in [6.45, 7) is 5.36. The van der Waals surface area contributed by atoms with E-state index in [4.69, 9.17) is 37.9 Å². The lowest BCUT2D eigenvalue weighted by molar-refractivity contribution is -0.162. The zero-order valence-electron chi connectivity index (χ0n) is 24.9. The number of ether oxygens (including phenoxy) is 8. The third-order valence-corrected chi connectivity index (χ3v) is 6.56. The van der Waals surface area contributed by atoms with Crippen LogP contribution in [-0.2, 0) is 41.6 Å². The normalized spacial score (nSPS) is 18.9. The molecule has 0 saturated carbocycles. The first-order valence-electron chi connectivity index (χ1n) is 13.6. The highest BCUT2D eigenvalue weighted by Gasteiger charge is 2.48. The highest BCUT2D eigenvalue weighted by Crippen LogP contribution is 2.34. The Morgan fingerprint density at radius 1 is 0.634 bits per heavy atom. The smallest absolute Gasteiger partial charge is 0.164 e. The van der Waals surface area contributed by atoms with Gasteiger partial charge in [0, 0.05) is 27.1 Å². The van der Waals surface area contributed by atoms with Crippen molar-refractivity contribution in [2.75, 3.05) is 41.7 Å². The van der Waals surface area contributed by atoms with Crippen LogP contribution in [0, 0.1) is 23.7 Å². The van der Waals surface area contributed by atoms with Crippen molar-refractivity contribution in [2.45, 2.75) is 70.1 Å². The van der Waals surface area contributed by atoms with Crippen molar-refractivity contribution in [1.82, 2.24) is 0 Å². The summed E-state index contributed by atoms with van der Waals surface area (Å²) in [6, 6.07) is 15.5. The Kier molecular flexibility index (Phi) is 13.5. The van der Waals surface area contributed by atoms with Crippen LogP contribution in [0.15, 0.2) is 48.5 Å². The molecule has 0 bridgehead atoms. The van der Waals surface area contributed by atoms with E-state index in [1.807, 2.05) is 62.4 Å². The molecule has 0 spiro atoms. The average Bonchev–Trinajstić information content (AvgIpc) is 3.31. The Balaban J connectivity index is 1.48. The van der Waals surface area contributed by atoms with Gasteiger partial charge in [-0.3, -0.25) is 0 Å². The van der Waals surface area contributed by atoms with Crippen molar-refractivity contribution >= 4 is 0 Å². The molecule has 1 fully saturated rings. The number of benzene rings is 2. The van der Waals surface area contributed by atoms with E-state index in [2.05, 4.69) is 23.7 Å². The van der Waals surface area contributed by atoms with Gasteiger partial charge in [0.25, 0.3) is 0 Å². The van der Waals surface area contributed by atoms with E-state index >= 15 is 0 Å². The van der Waals surface area contributed by atoms with E-state index < -0.39 is 5.79 Å². The number of methoxy groups -OCH3 is 4. The molecule has 0 unspecified atom stereocenters. The molecule has 1 saturated heterocycles. The van der Waals surface area contributed by atoms with Crippen LogP contribution in [0.2, 0.25) is 0 Å². The van der Waals surface area contributed by atoms with Gasteiger partial charge >= 0.3 is 0 Å². The van der Waals surface area contributed by atoms with Gasteiger partial charge in [0.1, 0.15) is 36.9 Å². The first kappa shape index (κ1) is 32.4. The van der Waals surface area contributed by atoms with Crippen LogP contribution in [0.1, 0.15) is 37.8 Å². The lowest BCUT2D eigenvalue weighted by atomic mass is 9.99. The van der Waals surface area contributed by atoms with Crippen molar-refractivity contribution in [3.8, 4) is 35.2 Å². The van der Waals surface area contributed by atoms with E-state index in [-0.39, 0.29) is 24.4 Å². The predicted octanol–water partition coefficient (Wildman–Crippen LogP) is 4.77. The molecule has 0 radical (unpaired) electrons. The Labute approximate surface area is 244 Å². The highest BCUT2D eigenvalue weighted by molar-refractivity contribution is 5.27. The summed E-state index contributed by atoms with van der Waals surface area (Å²) >= 11 is 0. The Morgan fingerprint density at radius 3 is 1.37 bits per heavy atom. The first-order chi connectivity index (χ1) is 19.9. The van der Waals surface area contributed by atoms with Crippen LogP contribution >= 0.6 is 0 Å². The summed E-state index contributed by atoms with van der Waals surface area (Å²) in [5.41, 5.74) is 2.11. The molecular weight excluding hydrogens is 524 g/mol. The maximum Gasteiger partial charge on any atom is 0.164 e. The summed E-state index contributed by atoms with van der Waals surface area (Å²) in [5, 5.41) is 0. The molecule has 2 aromatic carbocycles. The van der Waals surface area contributed by atoms with Gasteiger partial charge in [-0.2, -0.15) is 0 Å². The zero-order chi connectivity index (χ0) is 29.5. The minimum absolute atomic E-state index is 0.311. The van der Waals surface area contributed by atoms with E-state index in [9.17, 15) is 0 Å². The fraction of sp³-hybridized carbons (Fsp3) is 0.515. The van der Waals surface area contributed by atoms with Crippen molar-refractivity contribution in [1.29, 1.82) is 0 Å². The zero-order valence-corrected chi connectivity index (χ0v) is 24.9. The molecule has 0 amide bonds. The van der Waals surface area contributed by atoms with Crippen LogP contribution in [0.4, 0.5) is 0 Å². The second kappa shape index (κ2) is 17.0. The van der Waals surface area contributed by atoms with Crippen LogP contribution in [-0.4, -0.2) is 71.9 Å². The topological polar surface area (TPSA) is 73.8 Å².